The van der Waals surface area contributed by atoms with E-state index in [1.807, 2.05) is 0 Å². The van der Waals surface area contributed by atoms with Crippen LogP contribution in [0.3, 0.4) is 0 Å². The van der Waals surface area contributed by atoms with Crippen molar-refractivity contribution in [3.8, 4) is 27.9 Å². The summed E-state index contributed by atoms with van der Waals surface area (Å²) >= 11 is 0. The Morgan fingerprint density at radius 2 is 0.783 bits per heavy atom. The van der Waals surface area contributed by atoms with Gasteiger partial charge in [0.05, 0.1) is 16.7 Å². The van der Waals surface area contributed by atoms with Crippen LogP contribution in [0.15, 0.2) is 231 Å². The third-order valence-corrected chi connectivity index (χ3v) is 12.2. The van der Waals surface area contributed by atoms with Crippen molar-refractivity contribution in [1.82, 2.24) is 4.57 Å². The molecule has 2 nitrogen and oxygen atoms in total. The predicted molar refractivity (Wildman–Crippen MR) is 255 cm³/mol. The van der Waals surface area contributed by atoms with E-state index in [1.54, 1.807) is 0 Å². The van der Waals surface area contributed by atoms with Gasteiger partial charge in [0.15, 0.2) is 0 Å². The number of hydrogen-bond donors (Lipinski definition) is 0. The monoisotopic (exact) mass is 766 g/mol. The molecule has 11 rings (SSSR count). The smallest absolute Gasteiger partial charge is 0.0541 e. The molecular weight excluding hydrogens is 725 g/mol. The number of benzene rings is 9. The van der Waals surface area contributed by atoms with E-state index in [1.165, 1.54) is 82.8 Å². The van der Waals surface area contributed by atoms with E-state index in [2.05, 4.69) is 240 Å². The van der Waals surface area contributed by atoms with Gasteiger partial charge >= 0.3 is 0 Å². The quantitative estimate of drug-likeness (QED) is 0.150. The molecule has 0 aliphatic heterocycles. The average molecular weight is 767 g/mol. The van der Waals surface area contributed by atoms with Gasteiger partial charge in [-0.15, -0.1) is 0 Å². The molecule has 0 atom stereocenters. The molecule has 0 saturated heterocycles. The summed E-state index contributed by atoms with van der Waals surface area (Å²) in [5.41, 5.74) is 17.2. The minimum atomic E-state index is 0.977. The lowest BCUT2D eigenvalue weighted by molar-refractivity contribution is 1.06. The summed E-state index contributed by atoms with van der Waals surface area (Å²) in [6, 6.07) is 79.3. The Morgan fingerprint density at radius 1 is 0.317 bits per heavy atom. The summed E-state index contributed by atoms with van der Waals surface area (Å²) in [5, 5.41) is 5.09. The van der Waals surface area contributed by atoms with Crippen molar-refractivity contribution in [2.45, 2.75) is 12.8 Å². The number of nitrogens with zero attached hydrogens (tertiary/aromatic N) is 2. The Morgan fingerprint density at radius 3 is 1.43 bits per heavy atom. The van der Waals surface area contributed by atoms with Crippen LogP contribution in [0, 0.1) is 0 Å². The minimum absolute atomic E-state index is 0.977. The minimum Gasteiger partial charge on any atom is -0.311 e. The predicted octanol–water partition coefficient (Wildman–Crippen LogP) is 16.0. The number of fused-ring (bicyclic) bond motifs is 4. The first-order valence-corrected chi connectivity index (χ1v) is 20.9. The molecule has 284 valence electrons. The molecule has 0 radical (unpaired) electrons. The fourth-order valence-corrected chi connectivity index (χ4v) is 9.20. The van der Waals surface area contributed by atoms with Crippen LogP contribution in [0.5, 0.6) is 0 Å². The Balaban J connectivity index is 0.925. The van der Waals surface area contributed by atoms with E-state index < -0.39 is 0 Å². The standard InChI is InChI=1S/C58H42N2/c1-2-13-41(14-3-1)43-29-35-48(36-30-43)59(50-39-33-46(34-40-50)52-21-12-16-45-15-4-5-17-51(45)52)49-37-31-44(32-38-49)42-25-27-47(28-26-42)53-18-6-9-22-56(53)60-57-23-10-7-19-54(57)55-20-8-11-24-58(55)60/h1-25,27,29-40H,26,28H2. The number of aromatic nitrogens is 1. The van der Waals surface area contributed by atoms with Crippen molar-refractivity contribution in [1.29, 1.82) is 0 Å². The Bertz CT molecular complexity index is 3160. The summed E-state index contributed by atoms with van der Waals surface area (Å²) in [4.78, 5) is 2.37. The highest BCUT2D eigenvalue weighted by molar-refractivity contribution is 6.09. The van der Waals surface area contributed by atoms with Crippen LogP contribution in [0.25, 0.3) is 71.7 Å². The second-order valence-electron chi connectivity index (χ2n) is 15.6. The van der Waals surface area contributed by atoms with Gasteiger partial charge in [0.1, 0.15) is 0 Å². The molecule has 1 aliphatic rings. The summed E-state index contributed by atoms with van der Waals surface area (Å²) < 4.78 is 2.44. The fraction of sp³-hybridized carbons (Fsp3) is 0.0345. The lowest BCUT2D eigenvalue weighted by Gasteiger charge is -2.26. The van der Waals surface area contributed by atoms with Gasteiger partial charge in [0.2, 0.25) is 0 Å². The van der Waals surface area contributed by atoms with E-state index in [9.17, 15) is 0 Å². The van der Waals surface area contributed by atoms with Gasteiger partial charge in [-0.25, -0.2) is 0 Å². The number of hydrogen-bond acceptors (Lipinski definition) is 1. The van der Waals surface area contributed by atoms with Crippen LogP contribution < -0.4 is 4.90 Å². The second kappa shape index (κ2) is 15.2. The van der Waals surface area contributed by atoms with Gasteiger partial charge in [0.25, 0.3) is 0 Å². The SMILES string of the molecule is C1=C(c2ccc(N(c3ccc(-c4ccccc4)cc3)c3ccc(-c4cccc5ccccc45)cc3)cc2)CCC(c2ccccc2-n2c3ccccc3c3ccccc32)=C1. The second-order valence-corrected chi connectivity index (χ2v) is 15.6. The Labute approximate surface area is 351 Å². The molecule has 0 fully saturated rings. The molecule has 0 spiro atoms. The highest BCUT2D eigenvalue weighted by atomic mass is 15.1. The topological polar surface area (TPSA) is 8.17 Å². The number of para-hydroxylation sites is 3. The molecule has 0 amide bonds. The van der Waals surface area contributed by atoms with E-state index in [0.29, 0.717) is 0 Å². The van der Waals surface area contributed by atoms with Crippen molar-refractivity contribution < 1.29 is 0 Å². The van der Waals surface area contributed by atoms with Crippen LogP contribution in [0.1, 0.15) is 24.0 Å². The number of anilines is 3. The van der Waals surface area contributed by atoms with Crippen LogP contribution in [-0.2, 0) is 0 Å². The molecule has 60 heavy (non-hydrogen) atoms. The summed E-state index contributed by atoms with van der Waals surface area (Å²) in [5.74, 6) is 0. The Kier molecular flexibility index (Phi) is 9.02. The average Bonchev–Trinajstić information content (AvgIpc) is 3.67. The lowest BCUT2D eigenvalue weighted by atomic mass is 9.89. The van der Waals surface area contributed by atoms with E-state index in [4.69, 9.17) is 0 Å². The molecule has 0 saturated carbocycles. The molecule has 1 aromatic heterocycles. The molecule has 9 aromatic carbocycles. The summed E-state index contributed by atoms with van der Waals surface area (Å²) in [6.07, 6.45) is 6.64. The molecule has 10 aromatic rings. The van der Waals surface area contributed by atoms with E-state index in [0.717, 1.165) is 29.9 Å². The van der Waals surface area contributed by atoms with E-state index in [-0.39, 0.29) is 0 Å². The van der Waals surface area contributed by atoms with Crippen LogP contribution >= 0.6 is 0 Å². The van der Waals surface area contributed by atoms with Crippen LogP contribution in [0.4, 0.5) is 17.1 Å². The van der Waals surface area contributed by atoms with Crippen molar-refractivity contribution in [2.75, 3.05) is 4.90 Å². The van der Waals surface area contributed by atoms with Gasteiger partial charge in [-0.3, -0.25) is 0 Å². The van der Waals surface area contributed by atoms with Crippen LogP contribution in [-0.4, -0.2) is 4.57 Å². The Hall–Kier alpha value is -7.68. The molecular formula is C58H42N2. The summed E-state index contributed by atoms with van der Waals surface area (Å²) in [7, 11) is 0. The first kappa shape index (κ1) is 35.5. The zero-order chi connectivity index (χ0) is 39.8. The van der Waals surface area contributed by atoms with Gasteiger partial charge in [-0.2, -0.15) is 0 Å². The molecule has 1 heterocycles. The van der Waals surface area contributed by atoms with E-state index >= 15 is 0 Å². The third-order valence-electron chi connectivity index (χ3n) is 12.2. The first-order valence-electron chi connectivity index (χ1n) is 20.9. The lowest BCUT2D eigenvalue weighted by Crippen LogP contribution is -2.10. The zero-order valence-corrected chi connectivity index (χ0v) is 33.2. The van der Waals surface area contributed by atoms with Crippen molar-refractivity contribution in [3.63, 3.8) is 0 Å². The van der Waals surface area contributed by atoms with Crippen molar-refractivity contribution >= 4 is 60.8 Å². The highest BCUT2D eigenvalue weighted by Crippen LogP contribution is 2.41. The fourth-order valence-electron chi connectivity index (χ4n) is 9.20. The van der Waals surface area contributed by atoms with Crippen molar-refractivity contribution in [3.05, 3.63) is 242 Å². The van der Waals surface area contributed by atoms with Gasteiger partial charge < -0.3 is 9.47 Å². The van der Waals surface area contributed by atoms with Gasteiger partial charge in [0, 0.05) is 33.4 Å². The molecule has 2 heteroatoms. The van der Waals surface area contributed by atoms with Gasteiger partial charge in [-0.05, 0) is 117 Å². The molecule has 0 N–H and O–H groups in total. The largest absolute Gasteiger partial charge is 0.311 e. The molecule has 0 unspecified atom stereocenters. The maximum Gasteiger partial charge on any atom is 0.0541 e. The summed E-state index contributed by atoms with van der Waals surface area (Å²) in [6.45, 7) is 0. The first-order chi connectivity index (χ1) is 29.8. The van der Waals surface area contributed by atoms with Crippen molar-refractivity contribution in [2.24, 2.45) is 0 Å². The normalized spacial score (nSPS) is 12.7. The van der Waals surface area contributed by atoms with Gasteiger partial charge in [-0.1, -0.05) is 176 Å². The third kappa shape index (κ3) is 6.40. The highest BCUT2D eigenvalue weighted by Gasteiger charge is 2.19. The molecule has 0 bridgehead atoms. The number of allylic oxidation sites excluding steroid dienone is 4. The van der Waals surface area contributed by atoms with Crippen LogP contribution in [0.2, 0.25) is 0 Å². The maximum atomic E-state index is 2.44. The number of rotatable bonds is 8. The maximum absolute atomic E-state index is 2.44. The zero-order valence-electron chi connectivity index (χ0n) is 33.2. The molecule has 1 aliphatic carbocycles.